The molecule has 0 aromatic carbocycles. The van der Waals surface area contributed by atoms with E-state index in [-0.39, 0.29) is 6.17 Å². The summed E-state index contributed by atoms with van der Waals surface area (Å²) in [6.07, 6.45) is 10.1. The van der Waals surface area contributed by atoms with Crippen molar-refractivity contribution >= 4 is 12.9 Å². The predicted octanol–water partition coefficient (Wildman–Crippen LogP) is 2.38. The zero-order valence-electron chi connectivity index (χ0n) is 7.40. The first-order valence-corrected chi connectivity index (χ1v) is 4.16. The van der Waals surface area contributed by atoms with Gasteiger partial charge in [-0.25, -0.2) is 0 Å². The van der Waals surface area contributed by atoms with Gasteiger partial charge in [0.15, 0.2) is 6.17 Å². The normalized spacial score (nSPS) is 22.8. The van der Waals surface area contributed by atoms with Crippen LogP contribution >= 0.6 is 0 Å². The summed E-state index contributed by atoms with van der Waals surface area (Å²) < 4.78 is 0. The third kappa shape index (κ3) is 2.16. The second-order valence-corrected chi connectivity index (χ2v) is 2.68. The molecule has 0 spiro atoms. The van der Waals surface area contributed by atoms with Crippen LogP contribution in [0.3, 0.4) is 0 Å². The summed E-state index contributed by atoms with van der Waals surface area (Å²) in [5.41, 5.74) is 1.26. The molecule has 64 valence electrons. The molecule has 12 heavy (non-hydrogen) atoms. The average Bonchev–Trinajstić information content (AvgIpc) is 2.15. The molecule has 0 aromatic heterocycles. The zero-order chi connectivity index (χ0) is 8.81. The molecule has 0 fully saturated rings. The van der Waals surface area contributed by atoms with Crippen molar-refractivity contribution in [1.29, 1.82) is 0 Å². The lowest BCUT2D eigenvalue weighted by atomic mass is 10.1. The Morgan fingerprint density at radius 2 is 2.67 bits per heavy atom. The van der Waals surface area contributed by atoms with Gasteiger partial charge in [-0.1, -0.05) is 18.2 Å². The molecular weight excluding hydrogens is 148 g/mol. The van der Waals surface area contributed by atoms with Gasteiger partial charge in [-0.15, -0.1) is 0 Å². The Morgan fingerprint density at radius 1 is 1.83 bits per heavy atom. The molecule has 1 atom stereocenters. The van der Waals surface area contributed by atoms with E-state index in [2.05, 4.69) is 28.9 Å². The Hall–Kier alpha value is -1.18. The molecule has 1 aliphatic heterocycles. The highest BCUT2D eigenvalue weighted by Crippen LogP contribution is 2.16. The van der Waals surface area contributed by atoms with Crippen LogP contribution in [-0.4, -0.2) is 19.1 Å². The summed E-state index contributed by atoms with van der Waals surface area (Å²) in [7, 11) is 0. The second-order valence-electron chi connectivity index (χ2n) is 2.68. The molecule has 0 aromatic rings. The molecule has 0 saturated carbocycles. The van der Waals surface area contributed by atoms with Crippen LogP contribution in [-0.2, 0) is 0 Å². The molecule has 1 unspecified atom stereocenters. The molecule has 0 N–H and O–H groups in total. The van der Waals surface area contributed by atoms with Crippen LogP contribution in [0.1, 0.15) is 19.8 Å². The zero-order valence-corrected chi connectivity index (χ0v) is 7.40. The SMILES string of the molecule is C=NC1N=CCC=C1CC=CC. The fourth-order valence-electron chi connectivity index (χ4n) is 1.17. The Labute approximate surface area is 73.4 Å². The van der Waals surface area contributed by atoms with E-state index >= 15 is 0 Å². The fraction of sp³-hybridized carbons (Fsp3) is 0.400. The van der Waals surface area contributed by atoms with Crippen LogP contribution in [0.25, 0.3) is 0 Å². The minimum atomic E-state index is -0.0325. The van der Waals surface area contributed by atoms with Gasteiger partial charge in [0, 0.05) is 12.6 Å². The van der Waals surface area contributed by atoms with Crippen LogP contribution < -0.4 is 0 Å². The third-order valence-corrected chi connectivity index (χ3v) is 1.83. The van der Waals surface area contributed by atoms with Crippen LogP contribution in [0.15, 0.2) is 33.8 Å². The summed E-state index contributed by atoms with van der Waals surface area (Å²) in [6, 6.07) is 0. The number of hydrogen-bond donors (Lipinski definition) is 0. The molecule has 2 heteroatoms. The maximum Gasteiger partial charge on any atom is 0.160 e. The molecule has 0 amide bonds. The van der Waals surface area contributed by atoms with Gasteiger partial charge in [0.1, 0.15) is 0 Å². The van der Waals surface area contributed by atoms with Gasteiger partial charge < -0.3 is 0 Å². The monoisotopic (exact) mass is 162 g/mol. The van der Waals surface area contributed by atoms with E-state index in [1.807, 2.05) is 19.2 Å². The number of hydrogen-bond acceptors (Lipinski definition) is 2. The molecule has 0 aliphatic carbocycles. The van der Waals surface area contributed by atoms with Gasteiger partial charge in [0.05, 0.1) is 0 Å². The summed E-state index contributed by atoms with van der Waals surface area (Å²) in [4.78, 5) is 8.16. The Balaban J connectivity index is 2.60. The van der Waals surface area contributed by atoms with Gasteiger partial charge in [0.25, 0.3) is 0 Å². The first-order valence-electron chi connectivity index (χ1n) is 4.16. The van der Waals surface area contributed by atoms with Gasteiger partial charge in [0.2, 0.25) is 0 Å². The highest BCUT2D eigenvalue weighted by atomic mass is 15.0. The van der Waals surface area contributed by atoms with Crippen LogP contribution in [0, 0.1) is 0 Å². The molecule has 0 saturated heterocycles. The van der Waals surface area contributed by atoms with Crippen LogP contribution in [0.2, 0.25) is 0 Å². The predicted molar refractivity (Wildman–Crippen MR) is 54.0 cm³/mol. The van der Waals surface area contributed by atoms with Crippen molar-refractivity contribution in [2.45, 2.75) is 25.9 Å². The van der Waals surface area contributed by atoms with Gasteiger partial charge in [-0.3, -0.25) is 9.98 Å². The van der Waals surface area contributed by atoms with E-state index in [0.29, 0.717) is 0 Å². The molecule has 1 rings (SSSR count). The first-order chi connectivity index (χ1) is 5.88. The van der Waals surface area contributed by atoms with Gasteiger partial charge >= 0.3 is 0 Å². The number of rotatable bonds is 3. The summed E-state index contributed by atoms with van der Waals surface area (Å²) in [5.74, 6) is 0. The van der Waals surface area contributed by atoms with Crippen molar-refractivity contribution in [2.75, 3.05) is 0 Å². The van der Waals surface area contributed by atoms with E-state index in [4.69, 9.17) is 0 Å². The van der Waals surface area contributed by atoms with E-state index in [9.17, 15) is 0 Å². The van der Waals surface area contributed by atoms with E-state index < -0.39 is 0 Å². The highest BCUT2D eigenvalue weighted by Gasteiger charge is 2.09. The minimum absolute atomic E-state index is 0.0325. The molecule has 0 bridgehead atoms. The van der Waals surface area contributed by atoms with Crippen molar-refractivity contribution < 1.29 is 0 Å². The smallest absolute Gasteiger partial charge is 0.160 e. The molecule has 2 nitrogen and oxygen atoms in total. The lowest BCUT2D eigenvalue weighted by Crippen LogP contribution is -2.08. The van der Waals surface area contributed by atoms with Crippen molar-refractivity contribution in [2.24, 2.45) is 9.98 Å². The summed E-state index contributed by atoms with van der Waals surface area (Å²) in [6.45, 7) is 5.53. The summed E-state index contributed by atoms with van der Waals surface area (Å²) in [5, 5.41) is 0. The number of aliphatic imine (C=N–C) groups is 2. The Kier molecular flexibility index (Phi) is 3.45. The molecule has 0 radical (unpaired) electrons. The number of nitrogens with zero attached hydrogens (tertiary/aromatic N) is 2. The quantitative estimate of drug-likeness (QED) is 0.449. The van der Waals surface area contributed by atoms with Crippen molar-refractivity contribution in [1.82, 2.24) is 0 Å². The minimum Gasteiger partial charge on any atom is -0.270 e. The lowest BCUT2D eigenvalue weighted by Gasteiger charge is -2.13. The fourth-order valence-corrected chi connectivity index (χ4v) is 1.17. The van der Waals surface area contributed by atoms with Crippen molar-refractivity contribution in [3.05, 3.63) is 23.8 Å². The largest absolute Gasteiger partial charge is 0.270 e. The van der Waals surface area contributed by atoms with E-state index in [0.717, 1.165) is 12.8 Å². The number of dihydropyridines is 1. The molecular formula is C10H14N2. The van der Waals surface area contributed by atoms with Gasteiger partial charge in [-0.05, 0) is 25.6 Å². The standard InChI is InChI=1S/C10H14N2/c1-3-4-6-9-7-5-8-12-10(9)11-2/h3-4,7-8,10H,2,5-6H2,1H3. The topological polar surface area (TPSA) is 24.7 Å². The molecule has 1 aliphatic rings. The van der Waals surface area contributed by atoms with E-state index in [1.165, 1.54) is 5.57 Å². The number of allylic oxidation sites excluding steroid dienone is 3. The summed E-state index contributed by atoms with van der Waals surface area (Å²) >= 11 is 0. The third-order valence-electron chi connectivity index (χ3n) is 1.83. The maximum atomic E-state index is 4.23. The van der Waals surface area contributed by atoms with Crippen molar-refractivity contribution in [3.8, 4) is 0 Å². The highest BCUT2D eigenvalue weighted by molar-refractivity contribution is 5.62. The average molecular weight is 162 g/mol. The van der Waals surface area contributed by atoms with Crippen molar-refractivity contribution in [3.63, 3.8) is 0 Å². The Bertz CT molecular complexity index is 236. The first kappa shape index (κ1) is 8.91. The maximum absolute atomic E-state index is 4.23. The lowest BCUT2D eigenvalue weighted by molar-refractivity contribution is 0.791. The van der Waals surface area contributed by atoms with Crippen LogP contribution in [0.5, 0.6) is 0 Å². The van der Waals surface area contributed by atoms with Gasteiger partial charge in [-0.2, -0.15) is 0 Å². The van der Waals surface area contributed by atoms with E-state index in [1.54, 1.807) is 0 Å². The second kappa shape index (κ2) is 4.65. The Morgan fingerprint density at radius 3 is 3.33 bits per heavy atom. The molecule has 1 heterocycles. The van der Waals surface area contributed by atoms with Crippen LogP contribution in [0.4, 0.5) is 0 Å².